The van der Waals surface area contributed by atoms with Gasteiger partial charge in [-0.3, -0.25) is 14.2 Å². The largest absolute Gasteiger partial charge is 0.453 e. The summed E-state index contributed by atoms with van der Waals surface area (Å²) in [6.45, 7) is 1.18. The average molecular weight is 382 g/mol. The predicted molar refractivity (Wildman–Crippen MR) is 99.9 cm³/mol. The molecule has 1 amide bonds. The van der Waals surface area contributed by atoms with Gasteiger partial charge >= 0.3 is 0 Å². The Hall–Kier alpha value is -3.19. The van der Waals surface area contributed by atoms with Crippen LogP contribution in [0.25, 0.3) is 5.69 Å². The molecule has 0 saturated heterocycles. The van der Waals surface area contributed by atoms with Crippen LogP contribution in [0.3, 0.4) is 0 Å². The van der Waals surface area contributed by atoms with Crippen LogP contribution in [0, 0.1) is 5.82 Å². The molecule has 144 valence electrons. The number of hydrogen-bond donors (Lipinski definition) is 0. The van der Waals surface area contributed by atoms with Crippen LogP contribution in [-0.2, 0) is 24.3 Å². The summed E-state index contributed by atoms with van der Waals surface area (Å²) in [5, 5.41) is 0. The molecule has 1 aliphatic rings. The topological polar surface area (TPSA) is 64.7 Å². The molecule has 0 spiro atoms. The molecule has 0 aliphatic carbocycles. The van der Waals surface area contributed by atoms with E-state index in [0.717, 1.165) is 11.1 Å². The molecule has 7 heteroatoms. The Kier molecular flexibility index (Phi) is 4.83. The zero-order chi connectivity index (χ0) is 19.7. The fourth-order valence-electron chi connectivity index (χ4n) is 3.37. The number of ether oxygens (including phenoxy) is 1. The van der Waals surface area contributed by atoms with Gasteiger partial charge in [0.25, 0.3) is 11.5 Å². The van der Waals surface area contributed by atoms with Gasteiger partial charge < -0.3 is 14.1 Å². The number of carbonyl (C=O) groups excluding carboxylic acids is 1. The van der Waals surface area contributed by atoms with E-state index in [1.54, 1.807) is 48.5 Å². The molecule has 1 aliphatic heterocycles. The van der Waals surface area contributed by atoms with Crippen LogP contribution in [0.15, 0.2) is 57.9 Å². The normalized spacial score (nSPS) is 13.4. The second kappa shape index (κ2) is 7.44. The highest BCUT2D eigenvalue weighted by Crippen LogP contribution is 2.21. The van der Waals surface area contributed by atoms with Crippen molar-refractivity contribution in [2.45, 2.75) is 19.6 Å². The highest BCUT2D eigenvalue weighted by molar-refractivity contribution is 5.91. The fourth-order valence-corrected chi connectivity index (χ4v) is 3.37. The molecular formula is C21H19FN2O4. The second-order valence-electron chi connectivity index (χ2n) is 6.68. The quantitative estimate of drug-likeness (QED) is 0.696. The maximum Gasteiger partial charge on any atom is 0.289 e. The van der Waals surface area contributed by atoms with Gasteiger partial charge in [0.15, 0.2) is 5.76 Å². The molecule has 0 unspecified atom stereocenters. The first-order valence-corrected chi connectivity index (χ1v) is 8.92. The lowest BCUT2D eigenvalue weighted by Gasteiger charge is -2.28. The van der Waals surface area contributed by atoms with E-state index < -0.39 is 0 Å². The van der Waals surface area contributed by atoms with Crippen LogP contribution in [0.5, 0.6) is 0 Å². The van der Waals surface area contributed by atoms with Gasteiger partial charge in [-0.25, -0.2) is 4.39 Å². The minimum atomic E-state index is -0.363. The van der Waals surface area contributed by atoms with Crippen molar-refractivity contribution in [3.8, 4) is 5.69 Å². The molecular weight excluding hydrogens is 363 g/mol. The molecule has 3 heterocycles. The number of amides is 1. The molecule has 3 aromatic rings. The third-order valence-corrected chi connectivity index (χ3v) is 4.80. The first-order chi connectivity index (χ1) is 13.5. The van der Waals surface area contributed by atoms with Crippen molar-refractivity contribution in [1.29, 1.82) is 0 Å². The number of furan rings is 1. The van der Waals surface area contributed by atoms with Crippen LogP contribution in [-0.4, -0.2) is 29.0 Å². The lowest BCUT2D eigenvalue weighted by atomic mass is 10.0. The molecule has 0 fully saturated rings. The molecule has 0 N–H and O–H groups in total. The second-order valence-corrected chi connectivity index (χ2v) is 6.68. The smallest absolute Gasteiger partial charge is 0.289 e. The minimum Gasteiger partial charge on any atom is -0.453 e. The maximum absolute atomic E-state index is 13.2. The molecule has 28 heavy (non-hydrogen) atoms. The summed E-state index contributed by atoms with van der Waals surface area (Å²) < 4.78 is 25.2. The number of fused-ring (bicyclic) bond motifs is 1. The monoisotopic (exact) mass is 382 g/mol. The molecule has 6 nitrogen and oxygen atoms in total. The summed E-state index contributed by atoms with van der Waals surface area (Å²) >= 11 is 0. The van der Waals surface area contributed by atoms with Crippen LogP contribution in [0.4, 0.5) is 4.39 Å². The van der Waals surface area contributed by atoms with Crippen LogP contribution < -0.4 is 5.56 Å². The van der Waals surface area contributed by atoms with E-state index in [2.05, 4.69) is 0 Å². The summed E-state index contributed by atoms with van der Waals surface area (Å²) in [5.74, 6) is 0.293. The van der Waals surface area contributed by atoms with Gasteiger partial charge in [-0.05, 0) is 53.9 Å². The van der Waals surface area contributed by atoms with Gasteiger partial charge in [0.05, 0.1) is 0 Å². The molecule has 0 bridgehead atoms. The van der Waals surface area contributed by atoms with Crippen LogP contribution >= 0.6 is 0 Å². The third-order valence-electron chi connectivity index (χ3n) is 4.80. The summed E-state index contributed by atoms with van der Waals surface area (Å²) in [6.07, 6.45) is 2.31. The Labute approximate surface area is 160 Å². The predicted octanol–water partition coefficient (Wildman–Crippen LogP) is 2.91. The van der Waals surface area contributed by atoms with Crippen molar-refractivity contribution in [2.75, 3.05) is 13.7 Å². The van der Waals surface area contributed by atoms with Gasteiger partial charge in [0.1, 0.15) is 18.2 Å². The highest BCUT2D eigenvalue weighted by Gasteiger charge is 2.25. The van der Waals surface area contributed by atoms with Crippen molar-refractivity contribution in [3.05, 3.63) is 87.5 Å². The lowest BCUT2D eigenvalue weighted by Crippen LogP contribution is -2.37. The number of methoxy groups -OCH3 is 1. The van der Waals surface area contributed by atoms with E-state index >= 15 is 0 Å². The average Bonchev–Trinajstić information content (AvgIpc) is 3.16. The van der Waals surface area contributed by atoms with Gasteiger partial charge in [0.2, 0.25) is 0 Å². The van der Waals surface area contributed by atoms with Crippen LogP contribution in [0.1, 0.15) is 27.4 Å². The minimum absolute atomic E-state index is 0.180. The highest BCUT2D eigenvalue weighted by atomic mass is 19.1. The van der Waals surface area contributed by atoms with E-state index in [4.69, 9.17) is 9.15 Å². The number of rotatable bonds is 4. The Morgan fingerprint density at radius 3 is 2.71 bits per heavy atom. The van der Waals surface area contributed by atoms with Crippen molar-refractivity contribution in [2.24, 2.45) is 0 Å². The fraction of sp³-hybridized carbons (Fsp3) is 0.238. The molecule has 2 aromatic heterocycles. The number of nitrogens with zero attached hydrogens (tertiary/aromatic N) is 2. The number of aromatic nitrogens is 1. The van der Waals surface area contributed by atoms with Crippen molar-refractivity contribution >= 4 is 5.91 Å². The lowest BCUT2D eigenvalue weighted by molar-refractivity contribution is 0.0694. The summed E-state index contributed by atoms with van der Waals surface area (Å²) in [5.41, 5.74) is 2.20. The molecule has 1 aromatic carbocycles. The number of benzene rings is 1. The van der Waals surface area contributed by atoms with Gasteiger partial charge in [-0.2, -0.15) is 0 Å². The Bertz CT molecular complexity index is 1070. The number of hydrogen-bond acceptors (Lipinski definition) is 4. The number of halogens is 1. The standard InChI is InChI=1S/C21H19FN2O4/c1-27-13-18-6-7-19(28-18)21(26)23-9-8-14-10-20(25)24(12-15(14)11-23)17-4-2-16(22)3-5-17/h2-7,10,12H,8-9,11,13H2,1H3. The Morgan fingerprint density at radius 2 is 1.96 bits per heavy atom. The van der Waals surface area contributed by atoms with Gasteiger partial charge in [-0.1, -0.05) is 0 Å². The molecule has 4 rings (SSSR count). The van der Waals surface area contributed by atoms with Crippen LogP contribution in [0.2, 0.25) is 0 Å². The zero-order valence-corrected chi connectivity index (χ0v) is 15.4. The number of pyridine rings is 1. The van der Waals surface area contributed by atoms with Crippen molar-refractivity contribution in [3.63, 3.8) is 0 Å². The van der Waals surface area contributed by atoms with Gasteiger partial charge in [0, 0.05) is 38.1 Å². The van der Waals surface area contributed by atoms with Gasteiger partial charge in [-0.15, -0.1) is 0 Å². The molecule has 0 atom stereocenters. The SMILES string of the molecule is COCc1ccc(C(=O)N2CCc3cc(=O)n(-c4ccc(F)cc4)cc3C2)o1. The zero-order valence-electron chi connectivity index (χ0n) is 15.4. The van der Waals surface area contributed by atoms with E-state index in [1.165, 1.54) is 16.7 Å². The summed E-state index contributed by atoms with van der Waals surface area (Å²) in [7, 11) is 1.56. The van der Waals surface area contributed by atoms with E-state index in [-0.39, 0.29) is 23.0 Å². The van der Waals surface area contributed by atoms with E-state index in [0.29, 0.717) is 37.6 Å². The first-order valence-electron chi connectivity index (χ1n) is 8.92. The molecule has 0 saturated carbocycles. The molecule has 0 radical (unpaired) electrons. The summed E-state index contributed by atoms with van der Waals surface area (Å²) in [4.78, 5) is 26.9. The Balaban J connectivity index is 1.60. The van der Waals surface area contributed by atoms with E-state index in [1.807, 2.05) is 0 Å². The Morgan fingerprint density at radius 1 is 1.18 bits per heavy atom. The van der Waals surface area contributed by atoms with E-state index in [9.17, 15) is 14.0 Å². The van der Waals surface area contributed by atoms with Crippen molar-refractivity contribution in [1.82, 2.24) is 9.47 Å². The summed E-state index contributed by atoms with van der Waals surface area (Å²) in [6, 6.07) is 10.7. The first kappa shape index (κ1) is 18.2. The van der Waals surface area contributed by atoms with Crippen molar-refractivity contribution < 1.29 is 18.3 Å². The maximum atomic E-state index is 13.2. The number of carbonyl (C=O) groups is 1. The third kappa shape index (κ3) is 3.48.